The number of anilines is 2. The molecule has 0 fully saturated rings. The first kappa shape index (κ1) is 15.3. The molecule has 1 aromatic heterocycles. The Labute approximate surface area is 129 Å². The summed E-state index contributed by atoms with van der Waals surface area (Å²) >= 11 is 6.06. The molecular weight excluding hydrogens is 286 g/mol. The Morgan fingerprint density at radius 1 is 1.24 bits per heavy atom. The van der Waals surface area contributed by atoms with Crippen molar-refractivity contribution >= 4 is 29.0 Å². The molecule has 2 rings (SSSR count). The van der Waals surface area contributed by atoms with E-state index in [0.29, 0.717) is 22.1 Å². The zero-order chi connectivity index (χ0) is 15.4. The molecule has 0 radical (unpaired) electrons. The number of amides is 1. The molecule has 5 heteroatoms. The van der Waals surface area contributed by atoms with Crippen LogP contribution in [0.15, 0.2) is 30.3 Å². The summed E-state index contributed by atoms with van der Waals surface area (Å²) < 4.78 is 0. The van der Waals surface area contributed by atoms with Crippen LogP contribution in [0.25, 0.3) is 0 Å². The minimum absolute atomic E-state index is 0.181. The topological polar surface area (TPSA) is 54.0 Å². The lowest BCUT2D eigenvalue weighted by Crippen LogP contribution is -2.13. The minimum Gasteiger partial charge on any atom is -0.370 e. The first-order valence-electron chi connectivity index (χ1n) is 6.79. The number of aromatic nitrogens is 1. The third-order valence-corrected chi connectivity index (χ3v) is 3.41. The molecule has 0 saturated heterocycles. The normalized spacial score (nSPS) is 10.3. The molecule has 2 N–H and O–H groups in total. The molecule has 1 amide bonds. The van der Waals surface area contributed by atoms with E-state index in [1.165, 1.54) is 0 Å². The van der Waals surface area contributed by atoms with Crippen LogP contribution in [0.1, 0.15) is 28.5 Å². The van der Waals surface area contributed by atoms with E-state index < -0.39 is 0 Å². The molecule has 0 saturated carbocycles. The maximum Gasteiger partial charge on any atom is 0.255 e. The van der Waals surface area contributed by atoms with E-state index in [9.17, 15) is 4.79 Å². The fraction of sp³-hybridized carbons (Fsp3) is 0.250. The Bertz CT molecular complexity index is 671. The number of pyridine rings is 1. The summed E-state index contributed by atoms with van der Waals surface area (Å²) in [5.41, 5.74) is 3.01. The van der Waals surface area contributed by atoms with E-state index in [4.69, 9.17) is 11.6 Å². The Morgan fingerprint density at radius 2 is 2.00 bits per heavy atom. The first-order chi connectivity index (χ1) is 9.99. The second-order valence-corrected chi connectivity index (χ2v) is 5.24. The van der Waals surface area contributed by atoms with Gasteiger partial charge in [0.15, 0.2) is 0 Å². The van der Waals surface area contributed by atoms with Crippen molar-refractivity contribution in [2.24, 2.45) is 0 Å². The van der Waals surface area contributed by atoms with Gasteiger partial charge in [-0.1, -0.05) is 17.7 Å². The lowest BCUT2D eigenvalue weighted by molar-refractivity contribution is 0.102. The van der Waals surface area contributed by atoms with Gasteiger partial charge in [-0.2, -0.15) is 0 Å². The number of nitrogens with zero attached hydrogens (tertiary/aromatic N) is 1. The number of hydrogen-bond donors (Lipinski definition) is 2. The Hall–Kier alpha value is -2.07. The van der Waals surface area contributed by atoms with Crippen molar-refractivity contribution in [3.05, 3.63) is 52.2 Å². The molecule has 1 heterocycles. The lowest BCUT2D eigenvalue weighted by atomic mass is 10.2. The number of halogens is 1. The lowest BCUT2D eigenvalue weighted by Gasteiger charge is -2.09. The minimum atomic E-state index is -0.181. The van der Waals surface area contributed by atoms with Crippen LogP contribution in [0.4, 0.5) is 11.5 Å². The number of hydrogen-bond acceptors (Lipinski definition) is 3. The maximum atomic E-state index is 12.3. The highest BCUT2D eigenvalue weighted by Gasteiger charge is 2.09. The third kappa shape index (κ3) is 3.95. The predicted octanol–water partition coefficient (Wildman–Crippen LogP) is 4.04. The highest BCUT2D eigenvalue weighted by atomic mass is 35.5. The SMILES string of the molecule is CCNc1cc(C(=O)Nc2ccc(C)c(Cl)c2)cc(C)n1. The van der Waals surface area contributed by atoms with Crippen molar-refractivity contribution in [1.29, 1.82) is 0 Å². The number of aryl methyl sites for hydroxylation is 2. The molecule has 110 valence electrons. The van der Waals surface area contributed by atoms with Crippen LogP contribution in [-0.4, -0.2) is 17.4 Å². The van der Waals surface area contributed by atoms with Crippen LogP contribution >= 0.6 is 11.6 Å². The molecule has 0 bridgehead atoms. The number of carbonyl (C=O) groups excluding carboxylic acids is 1. The number of nitrogens with one attached hydrogen (secondary N) is 2. The van der Waals surface area contributed by atoms with Crippen LogP contribution in [0.5, 0.6) is 0 Å². The summed E-state index contributed by atoms with van der Waals surface area (Å²) in [5.74, 6) is 0.518. The molecule has 0 spiro atoms. The van der Waals surface area contributed by atoms with Crippen molar-refractivity contribution < 1.29 is 4.79 Å². The second kappa shape index (κ2) is 6.59. The summed E-state index contributed by atoms with van der Waals surface area (Å²) in [5, 5.41) is 6.59. The highest BCUT2D eigenvalue weighted by molar-refractivity contribution is 6.31. The maximum absolute atomic E-state index is 12.3. The van der Waals surface area contributed by atoms with Gasteiger partial charge in [0.1, 0.15) is 5.82 Å². The van der Waals surface area contributed by atoms with Gasteiger partial charge in [-0.15, -0.1) is 0 Å². The van der Waals surface area contributed by atoms with Crippen LogP contribution < -0.4 is 10.6 Å². The quantitative estimate of drug-likeness (QED) is 0.896. The average molecular weight is 304 g/mol. The highest BCUT2D eigenvalue weighted by Crippen LogP contribution is 2.21. The van der Waals surface area contributed by atoms with E-state index >= 15 is 0 Å². The Kier molecular flexibility index (Phi) is 4.81. The second-order valence-electron chi connectivity index (χ2n) is 4.83. The number of rotatable bonds is 4. The van der Waals surface area contributed by atoms with Crippen molar-refractivity contribution in [3.63, 3.8) is 0 Å². The standard InChI is InChI=1S/C16H18ClN3O/c1-4-18-15-8-12(7-11(3)19-15)16(21)20-13-6-5-10(2)14(17)9-13/h5-9H,4H2,1-3H3,(H,18,19)(H,20,21). The molecule has 1 aromatic carbocycles. The zero-order valence-corrected chi connectivity index (χ0v) is 13.1. The summed E-state index contributed by atoms with van der Waals surface area (Å²) in [6.45, 7) is 6.52. The van der Waals surface area contributed by atoms with Gasteiger partial charge in [-0.25, -0.2) is 4.98 Å². The predicted molar refractivity (Wildman–Crippen MR) is 87.3 cm³/mol. The van der Waals surface area contributed by atoms with Crippen LogP contribution in [-0.2, 0) is 0 Å². The van der Waals surface area contributed by atoms with Crippen LogP contribution in [0, 0.1) is 13.8 Å². The Balaban J connectivity index is 2.21. The van der Waals surface area contributed by atoms with Gasteiger partial charge in [0, 0.05) is 28.5 Å². The van der Waals surface area contributed by atoms with Crippen LogP contribution in [0.2, 0.25) is 5.02 Å². The van der Waals surface area contributed by atoms with E-state index in [0.717, 1.165) is 17.8 Å². The van der Waals surface area contributed by atoms with Crippen LogP contribution in [0.3, 0.4) is 0 Å². The molecular formula is C16H18ClN3O. The number of carbonyl (C=O) groups is 1. The number of benzene rings is 1. The molecule has 0 aliphatic carbocycles. The molecule has 2 aromatic rings. The fourth-order valence-corrected chi connectivity index (χ4v) is 2.13. The summed E-state index contributed by atoms with van der Waals surface area (Å²) in [6.07, 6.45) is 0. The van der Waals surface area contributed by atoms with Crippen molar-refractivity contribution in [2.45, 2.75) is 20.8 Å². The Morgan fingerprint density at radius 3 is 2.67 bits per heavy atom. The molecule has 0 atom stereocenters. The summed E-state index contributed by atoms with van der Waals surface area (Å²) in [4.78, 5) is 16.6. The van der Waals surface area contributed by atoms with Crippen molar-refractivity contribution in [1.82, 2.24) is 4.98 Å². The van der Waals surface area contributed by atoms with Crippen molar-refractivity contribution in [2.75, 3.05) is 17.2 Å². The van der Waals surface area contributed by atoms with Gasteiger partial charge in [0.05, 0.1) is 0 Å². The van der Waals surface area contributed by atoms with Gasteiger partial charge < -0.3 is 10.6 Å². The summed E-state index contributed by atoms with van der Waals surface area (Å²) in [7, 11) is 0. The first-order valence-corrected chi connectivity index (χ1v) is 7.17. The smallest absolute Gasteiger partial charge is 0.255 e. The van der Waals surface area contributed by atoms with Crippen molar-refractivity contribution in [3.8, 4) is 0 Å². The monoisotopic (exact) mass is 303 g/mol. The van der Waals surface area contributed by atoms with Gasteiger partial charge in [0.2, 0.25) is 0 Å². The van der Waals surface area contributed by atoms with Gasteiger partial charge in [-0.05, 0) is 50.6 Å². The molecule has 0 aliphatic heterocycles. The van der Waals surface area contributed by atoms with E-state index in [-0.39, 0.29) is 5.91 Å². The molecule has 0 unspecified atom stereocenters. The fourth-order valence-electron chi connectivity index (χ4n) is 1.95. The zero-order valence-electron chi connectivity index (χ0n) is 12.3. The van der Waals surface area contributed by atoms with E-state index in [2.05, 4.69) is 15.6 Å². The summed E-state index contributed by atoms with van der Waals surface area (Å²) in [6, 6.07) is 8.94. The average Bonchev–Trinajstić information content (AvgIpc) is 2.42. The van der Waals surface area contributed by atoms with E-state index in [1.807, 2.05) is 32.9 Å². The molecule has 4 nitrogen and oxygen atoms in total. The molecule has 0 aliphatic rings. The van der Waals surface area contributed by atoms with E-state index in [1.54, 1.807) is 18.2 Å². The molecule has 21 heavy (non-hydrogen) atoms. The van der Waals surface area contributed by atoms with Gasteiger partial charge >= 0.3 is 0 Å². The third-order valence-electron chi connectivity index (χ3n) is 3.00. The van der Waals surface area contributed by atoms with Gasteiger partial charge in [0.25, 0.3) is 5.91 Å². The largest absolute Gasteiger partial charge is 0.370 e. The van der Waals surface area contributed by atoms with Gasteiger partial charge in [-0.3, -0.25) is 4.79 Å².